The molecule has 0 bridgehead atoms. The van der Waals surface area contributed by atoms with Crippen LogP contribution in [0, 0.1) is 11.8 Å². The molecule has 0 radical (unpaired) electrons. The Morgan fingerprint density at radius 2 is 1.95 bits per heavy atom. The number of benzene rings is 1. The van der Waals surface area contributed by atoms with Gasteiger partial charge < -0.3 is 10.2 Å². The van der Waals surface area contributed by atoms with E-state index in [1.54, 1.807) is 0 Å². The number of nitrogens with one attached hydrogen (secondary N) is 1. The Hall–Kier alpha value is -0.570. The van der Waals surface area contributed by atoms with E-state index in [9.17, 15) is 0 Å². The molecule has 2 nitrogen and oxygen atoms in total. The second-order valence-corrected chi connectivity index (χ2v) is 7.10. The molecular formula is C18H29ClN2. The van der Waals surface area contributed by atoms with Gasteiger partial charge in [0.05, 0.1) is 0 Å². The maximum Gasteiger partial charge on any atom is 0.0406 e. The van der Waals surface area contributed by atoms with Crippen molar-refractivity contribution < 1.29 is 0 Å². The van der Waals surface area contributed by atoms with Crippen LogP contribution < -0.4 is 5.32 Å². The Kier molecular flexibility index (Phi) is 6.53. The first kappa shape index (κ1) is 16.8. The average Bonchev–Trinajstić information content (AvgIpc) is 2.44. The van der Waals surface area contributed by atoms with Gasteiger partial charge in [-0.1, -0.05) is 37.6 Å². The van der Waals surface area contributed by atoms with Gasteiger partial charge in [-0.25, -0.2) is 0 Å². The molecule has 0 amide bonds. The third kappa shape index (κ3) is 5.28. The second-order valence-electron chi connectivity index (χ2n) is 6.67. The Labute approximate surface area is 134 Å². The minimum absolute atomic E-state index is 0.693. The van der Waals surface area contributed by atoms with Crippen LogP contribution in [0.2, 0.25) is 5.02 Å². The molecule has 1 N–H and O–H groups in total. The van der Waals surface area contributed by atoms with Crippen LogP contribution in [0.3, 0.4) is 0 Å². The Morgan fingerprint density at radius 3 is 2.62 bits per heavy atom. The predicted molar refractivity (Wildman–Crippen MR) is 91.8 cm³/mol. The topological polar surface area (TPSA) is 15.3 Å². The quantitative estimate of drug-likeness (QED) is 0.848. The summed E-state index contributed by atoms with van der Waals surface area (Å²) in [7, 11) is 2.23. The third-order valence-electron chi connectivity index (χ3n) is 4.62. The van der Waals surface area contributed by atoms with E-state index in [4.69, 9.17) is 11.6 Å². The molecule has 1 aliphatic rings. The molecule has 1 fully saturated rings. The molecule has 1 aliphatic carbocycles. The highest BCUT2D eigenvalue weighted by Gasteiger charge is 2.28. The van der Waals surface area contributed by atoms with Crippen molar-refractivity contribution in [2.75, 3.05) is 20.1 Å². The molecule has 2 rings (SSSR count). The summed E-state index contributed by atoms with van der Waals surface area (Å²) in [5.41, 5.74) is 1.34. The highest BCUT2D eigenvalue weighted by molar-refractivity contribution is 6.30. The molecule has 0 spiro atoms. The van der Waals surface area contributed by atoms with Crippen LogP contribution >= 0.6 is 11.6 Å². The summed E-state index contributed by atoms with van der Waals surface area (Å²) < 4.78 is 0. The van der Waals surface area contributed by atoms with E-state index in [0.29, 0.717) is 6.04 Å². The van der Waals surface area contributed by atoms with Crippen molar-refractivity contribution in [1.82, 2.24) is 10.2 Å². The number of hydrogen-bond donors (Lipinski definition) is 1. The fraction of sp³-hybridized carbons (Fsp3) is 0.667. The van der Waals surface area contributed by atoms with Gasteiger partial charge in [-0.3, -0.25) is 0 Å². The smallest absolute Gasteiger partial charge is 0.0406 e. The van der Waals surface area contributed by atoms with E-state index < -0.39 is 0 Å². The van der Waals surface area contributed by atoms with Crippen molar-refractivity contribution in [3.63, 3.8) is 0 Å². The van der Waals surface area contributed by atoms with Gasteiger partial charge in [0.2, 0.25) is 0 Å². The Bertz CT molecular complexity index is 418. The molecule has 0 saturated heterocycles. The van der Waals surface area contributed by atoms with Gasteiger partial charge in [0.15, 0.2) is 0 Å². The molecule has 1 aromatic carbocycles. The Balaban J connectivity index is 1.89. The first-order valence-electron chi connectivity index (χ1n) is 8.24. The van der Waals surface area contributed by atoms with Gasteiger partial charge in [0, 0.05) is 24.2 Å². The van der Waals surface area contributed by atoms with Gasteiger partial charge in [-0.05, 0) is 62.4 Å². The maximum absolute atomic E-state index is 5.95. The fourth-order valence-corrected chi connectivity index (χ4v) is 3.72. The normalized spacial score (nSPS) is 26.2. The van der Waals surface area contributed by atoms with Crippen LogP contribution in [0.1, 0.15) is 38.7 Å². The molecule has 0 aromatic heterocycles. The molecule has 1 aromatic rings. The number of hydrogen-bond acceptors (Lipinski definition) is 2. The lowest BCUT2D eigenvalue weighted by Gasteiger charge is -2.37. The summed E-state index contributed by atoms with van der Waals surface area (Å²) in [6, 6.07) is 8.91. The van der Waals surface area contributed by atoms with E-state index in [-0.39, 0.29) is 0 Å². The molecule has 3 heteroatoms. The standard InChI is InChI=1S/C18H29ClN2/c1-4-20-18-10-5-14(2)11-16(18)13-21(3)12-15-6-8-17(19)9-7-15/h6-9,14,16,18,20H,4-5,10-13H2,1-3H3. The fourth-order valence-electron chi connectivity index (χ4n) is 3.60. The van der Waals surface area contributed by atoms with Gasteiger partial charge in [-0.2, -0.15) is 0 Å². The largest absolute Gasteiger partial charge is 0.314 e. The second kappa shape index (κ2) is 8.17. The van der Waals surface area contributed by atoms with Crippen LogP contribution in [0.25, 0.3) is 0 Å². The molecule has 0 heterocycles. The summed E-state index contributed by atoms with van der Waals surface area (Å²) >= 11 is 5.95. The number of halogens is 1. The van der Waals surface area contributed by atoms with E-state index in [1.807, 2.05) is 12.1 Å². The number of rotatable bonds is 6. The molecular weight excluding hydrogens is 280 g/mol. The lowest BCUT2D eigenvalue weighted by Crippen LogP contribution is -2.44. The highest BCUT2D eigenvalue weighted by atomic mass is 35.5. The first-order chi connectivity index (χ1) is 10.1. The van der Waals surface area contributed by atoms with Crippen molar-refractivity contribution >= 4 is 11.6 Å². The average molecular weight is 309 g/mol. The summed E-state index contributed by atoms with van der Waals surface area (Å²) in [5, 5.41) is 4.50. The third-order valence-corrected chi connectivity index (χ3v) is 4.87. The van der Waals surface area contributed by atoms with Crippen LogP contribution in [0.15, 0.2) is 24.3 Å². The van der Waals surface area contributed by atoms with Gasteiger partial charge >= 0.3 is 0 Å². The van der Waals surface area contributed by atoms with E-state index >= 15 is 0 Å². The highest BCUT2D eigenvalue weighted by Crippen LogP contribution is 2.29. The van der Waals surface area contributed by atoms with Crippen molar-refractivity contribution in [2.45, 2.75) is 45.7 Å². The summed E-state index contributed by atoms with van der Waals surface area (Å²) in [6.45, 7) is 7.86. The van der Waals surface area contributed by atoms with Gasteiger partial charge in [0.1, 0.15) is 0 Å². The van der Waals surface area contributed by atoms with E-state index in [0.717, 1.165) is 29.9 Å². The minimum Gasteiger partial charge on any atom is -0.314 e. The SMILES string of the molecule is CCNC1CCC(C)CC1CN(C)Cc1ccc(Cl)cc1. The lowest BCUT2D eigenvalue weighted by molar-refractivity contribution is 0.158. The zero-order valence-corrected chi connectivity index (χ0v) is 14.4. The molecule has 3 unspecified atom stereocenters. The van der Waals surface area contributed by atoms with Crippen LogP contribution in [-0.4, -0.2) is 31.1 Å². The first-order valence-corrected chi connectivity index (χ1v) is 8.62. The summed E-state index contributed by atoms with van der Waals surface area (Å²) in [5.74, 6) is 1.64. The summed E-state index contributed by atoms with van der Waals surface area (Å²) in [4.78, 5) is 2.45. The van der Waals surface area contributed by atoms with E-state index in [1.165, 1.54) is 31.4 Å². The van der Waals surface area contributed by atoms with Gasteiger partial charge in [0.25, 0.3) is 0 Å². The van der Waals surface area contributed by atoms with Gasteiger partial charge in [-0.15, -0.1) is 0 Å². The zero-order chi connectivity index (χ0) is 15.2. The van der Waals surface area contributed by atoms with Crippen molar-refractivity contribution in [2.24, 2.45) is 11.8 Å². The number of nitrogens with zero attached hydrogens (tertiary/aromatic N) is 1. The van der Waals surface area contributed by atoms with Crippen LogP contribution in [-0.2, 0) is 6.54 Å². The van der Waals surface area contributed by atoms with E-state index in [2.05, 4.69) is 43.2 Å². The minimum atomic E-state index is 0.693. The zero-order valence-electron chi connectivity index (χ0n) is 13.6. The van der Waals surface area contributed by atoms with Crippen molar-refractivity contribution in [3.8, 4) is 0 Å². The molecule has 0 aliphatic heterocycles. The monoisotopic (exact) mass is 308 g/mol. The molecule has 21 heavy (non-hydrogen) atoms. The molecule has 1 saturated carbocycles. The lowest BCUT2D eigenvalue weighted by atomic mass is 9.78. The molecule has 3 atom stereocenters. The predicted octanol–water partition coefficient (Wildman–Crippen LogP) is 4.19. The Morgan fingerprint density at radius 1 is 1.24 bits per heavy atom. The summed E-state index contributed by atoms with van der Waals surface area (Å²) in [6.07, 6.45) is 4.05. The van der Waals surface area contributed by atoms with Crippen molar-refractivity contribution in [1.29, 1.82) is 0 Å². The maximum atomic E-state index is 5.95. The molecule has 118 valence electrons. The van der Waals surface area contributed by atoms with Crippen molar-refractivity contribution in [3.05, 3.63) is 34.9 Å². The van der Waals surface area contributed by atoms with Crippen LogP contribution in [0.5, 0.6) is 0 Å². The van der Waals surface area contributed by atoms with Crippen LogP contribution in [0.4, 0.5) is 0 Å².